The summed E-state index contributed by atoms with van der Waals surface area (Å²) in [7, 11) is 0. The molecule has 5 heteroatoms. The summed E-state index contributed by atoms with van der Waals surface area (Å²) in [6, 6.07) is 13.8. The quantitative estimate of drug-likeness (QED) is 0.504. The van der Waals surface area contributed by atoms with Crippen LogP contribution in [0.25, 0.3) is 5.76 Å². The van der Waals surface area contributed by atoms with E-state index in [-0.39, 0.29) is 24.5 Å². The molecule has 0 radical (unpaired) electrons. The Labute approximate surface area is 152 Å². The fraction of sp³-hybridized carbons (Fsp3) is 0.238. The van der Waals surface area contributed by atoms with E-state index in [1.165, 1.54) is 4.90 Å². The molecule has 2 aromatic rings. The first kappa shape index (κ1) is 17.9. The molecule has 0 bridgehead atoms. The lowest BCUT2D eigenvalue weighted by atomic mass is 9.94. The van der Waals surface area contributed by atoms with Crippen LogP contribution in [0.1, 0.15) is 28.3 Å². The Balaban J connectivity index is 2.17. The predicted octanol–water partition coefficient (Wildman–Crippen LogP) is 2.72. The molecule has 1 aliphatic rings. The smallest absolute Gasteiger partial charge is 0.295 e. The van der Waals surface area contributed by atoms with Gasteiger partial charge in [0.1, 0.15) is 5.76 Å². The normalized spacial score (nSPS) is 19.2. The number of amides is 1. The molecular weight excluding hydrogens is 330 g/mol. The topological polar surface area (TPSA) is 77.8 Å². The predicted molar refractivity (Wildman–Crippen MR) is 98.5 cm³/mol. The number of aryl methyl sites for hydroxylation is 2. The lowest BCUT2D eigenvalue weighted by Crippen LogP contribution is -2.32. The average Bonchev–Trinajstić information content (AvgIpc) is 2.88. The average molecular weight is 351 g/mol. The highest BCUT2D eigenvalue weighted by Crippen LogP contribution is 2.39. The van der Waals surface area contributed by atoms with Crippen LogP contribution in [-0.2, 0) is 9.59 Å². The third-order valence-corrected chi connectivity index (χ3v) is 4.60. The Morgan fingerprint density at radius 1 is 0.962 bits per heavy atom. The highest BCUT2D eigenvalue weighted by molar-refractivity contribution is 6.46. The minimum atomic E-state index is -0.734. The van der Waals surface area contributed by atoms with E-state index in [9.17, 15) is 19.8 Å². The fourth-order valence-electron chi connectivity index (χ4n) is 3.18. The summed E-state index contributed by atoms with van der Waals surface area (Å²) in [4.78, 5) is 26.4. The minimum absolute atomic E-state index is 0.0216. The zero-order chi connectivity index (χ0) is 18.8. The van der Waals surface area contributed by atoms with Crippen LogP contribution in [0, 0.1) is 13.8 Å². The monoisotopic (exact) mass is 351 g/mol. The zero-order valence-electron chi connectivity index (χ0n) is 14.8. The number of hydrogen-bond acceptors (Lipinski definition) is 4. The molecule has 1 fully saturated rings. The third-order valence-electron chi connectivity index (χ3n) is 4.60. The van der Waals surface area contributed by atoms with Gasteiger partial charge in [-0.25, -0.2) is 0 Å². The second-order valence-electron chi connectivity index (χ2n) is 6.49. The second-order valence-corrected chi connectivity index (χ2v) is 6.49. The Morgan fingerprint density at radius 3 is 2.04 bits per heavy atom. The van der Waals surface area contributed by atoms with Crippen molar-refractivity contribution in [3.05, 3.63) is 76.4 Å². The number of β-amino-alcohol motifs (C(OH)–C–C–N with tert-alkyl or cyclic N) is 1. The van der Waals surface area contributed by atoms with Crippen LogP contribution >= 0.6 is 0 Å². The number of hydrogen-bond donors (Lipinski definition) is 2. The van der Waals surface area contributed by atoms with E-state index >= 15 is 0 Å². The second kappa shape index (κ2) is 7.14. The molecule has 1 saturated heterocycles. The van der Waals surface area contributed by atoms with Gasteiger partial charge in [0.05, 0.1) is 18.2 Å². The molecule has 2 aromatic carbocycles. The molecule has 0 aromatic heterocycles. The molecule has 1 heterocycles. The third kappa shape index (κ3) is 3.13. The summed E-state index contributed by atoms with van der Waals surface area (Å²) in [5.74, 6) is -1.64. The summed E-state index contributed by atoms with van der Waals surface area (Å²) in [6.45, 7) is 3.63. The first-order valence-electron chi connectivity index (χ1n) is 8.47. The number of Topliss-reactive ketones (excluding diaryl/α,β-unsaturated/α-hetero) is 1. The van der Waals surface area contributed by atoms with Crippen molar-refractivity contribution < 1.29 is 19.8 Å². The molecule has 0 saturated carbocycles. The number of aliphatic hydroxyl groups excluding tert-OH is 2. The van der Waals surface area contributed by atoms with Gasteiger partial charge < -0.3 is 15.1 Å². The van der Waals surface area contributed by atoms with Gasteiger partial charge in [-0.1, -0.05) is 59.7 Å². The van der Waals surface area contributed by atoms with Crippen LogP contribution in [0.15, 0.2) is 54.1 Å². The fourth-order valence-corrected chi connectivity index (χ4v) is 3.18. The van der Waals surface area contributed by atoms with E-state index in [0.29, 0.717) is 5.56 Å². The van der Waals surface area contributed by atoms with Crippen molar-refractivity contribution in [3.8, 4) is 0 Å². The Morgan fingerprint density at radius 2 is 1.50 bits per heavy atom. The number of nitrogens with zero attached hydrogens (tertiary/aromatic N) is 1. The highest BCUT2D eigenvalue weighted by atomic mass is 16.3. The van der Waals surface area contributed by atoms with Gasteiger partial charge in [-0.05, 0) is 19.4 Å². The van der Waals surface area contributed by atoms with E-state index in [1.807, 2.05) is 50.2 Å². The molecule has 5 nitrogen and oxygen atoms in total. The van der Waals surface area contributed by atoms with E-state index in [1.54, 1.807) is 12.1 Å². The van der Waals surface area contributed by atoms with Gasteiger partial charge in [-0.3, -0.25) is 9.59 Å². The zero-order valence-corrected chi connectivity index (χ0v) is 14.8. The number of aliphatic hydroxyl groups is 2. The lowest BCUT2D eigenvalue weighted by molar-refractivity contribution is -0.140. The molecule has 1 unspecified atom stereocenters. The standard InChI is InChI=1S/C21H21NO4/c1-13-3-7-15(8-4-13)18-17(20(25)21(26)22(18)11-12-23)19(24)16-9-5-14(2)6-10-16/h3-10,18,23-24H,11-12H2,1-2H3/b19-17-. The Bertz CT molecular complexity index is 866. The van der Waals surface area contributed by atoms with Crippen molar-refractivity contribution >= 4 is 17.4 Å². The van der Waals surface area contributed by atoms with Gasteiger partial charge >= 0.3 is 0 Å². The summed E-state index contributed by atoms with van der Waals surface area (Å²) in [6.07, 6.45) is 0. The highest BCUT2D eigenvalue weighted by Gasteiger charge is 2.45. The maximum atomic E-state index is 12.6. The molecule has 0 spiro atoms. The largest absolute Gasteiger partial charge is 0.507 e. The Hall–Kier alpha value is -2.92. The van der Waals surface area contributed by atoms with E-state index < -0.39 is 17.7 Å². The van der Waals surface area contributed by atoms with Crippen LogP contribution in [0.5, 0.6) is 0 Å². The van der Waals surface area contributed by atoms with Gasteiger partial charge in [0.2, 0.25) is 0 Å². The first-order chi connectivity index (χ1) is 12.4. The van der Waals surface area contributed by atoms with Crippen molar-refractivity contribution in [3.63, 3.8) is 0 Å². The van der Waals surface area contributed by atoms with Crippen molar-refractivity contribution in [1.82, 2.24) is 4.90 Å². The van der Waals surface area contributed by atoms with Crippen LogP contribution in [-0.4, -0.2) is 40.0 Å². The van der Waals surface area contributed by atoms with Crippen molar-refractivity contribution in [1.29, 1.82) is 0 Å². The number of carbonyl (C=O) groups is 2. The number of ketones is 1. The minimum Gasteiger partial charge on any atom is -0.507 e. The molecule has 0 aliphatic carbocycles. The first-order valence-corrected chi connectivity index (χ1v) is 8.47. The molecule has 3 rings (SSSR count). The molecule has 1 amide bonds. The lowest BCUT2D eigenvalue weighted by Gasteiger charge is -2.24. The number of rotatable bonds is 4. The van der Waals surface area contributed by atoms with Crippen molar-refractivity contribution in [2.45, 2.75) is 19.9 Å². The van der Waals surface area contributed by atoms with E-state index in [0.717, 1.165) is 16.7 Å². The molecule has 1 atom stereocenters. The van der Waals surface area contributed by atoms with Crippen LogP contribution < -0.4 is 0 Å². The van der Waals surface area contributed by atoms with Crippen molar-refractivity contribution in [2.24, 2.45) is 0 Å². The summed E-state index contributed by atoms with van der Waals surface area (Å²) in [5.41, 5.74) is 3.33. The number of carbonyl (C=O) groups excluding carboxylic acids is 2. The summed E-state index contributed by atoms with van der Waals surface area (Å²) < 4.78 is 0. The molecule has 1 aliphatic heterocycles. The Kier molecular flexibility index (Phi) is 4.91. The van der Waals surface area contributed by atoms with E-state index in [4.69, 9.17) is 0 Å². The maximum Gasteiger partial charge on any atom is 0.295 e. The van der Waals surface area contributed by atoms with Gasteiger partial charge in [-0.15, -0.1) is 0 Å². The number of benzene rings is 2. The van der Waals surface area contributed by atoms with E-state index in [2.05, 4.69) is 0 Å². The summed E-state index contributed by atoms with van der Waals surface area (Å²) in [5, 5.41) is 20.1. The number of likely N-dealkylation sites (tertiary alicyclic amines) is 1. The SMILES string of the molecule is Cc1ccc(/C(O)=C2/C(=O)C(=O)N(CCO)C2c2ccc(C)cc2)cc1. The van der Waals surface area contributed by atoms with Gasteiger partial charge in [-0.2, -0.15) is 0 Å². The molecular formula is C21H21NO4. The molecule has 26 heavy (non-hydrogen) atoms. The van der Waals surface area contributed by atoms with Crippen molar-refractivity contribution in [2.75, 3.05) is 13.2 Å². The maximum absolute atomic E-state index is 12.6. The van der Waals surface area contributed by atoms with Crippen LogP contribution in [0.3, 0.4) is 0 Å². The molecule has 134 valence electrons. The molecule has 2 N–H and O–H groups in total. The van der Waals surface area contributed by atoms with Gasteiger partial charge in [0.25, 0.3) is 11.7 Å². The van der Waals surface area contributed by atoms with Crippen LogP contribution in [0.4, 0.5) is 0 Å². The van der Waals surface area contributed by atoms with Crippen LogP contribution in [0.2, 0.25) is 0 Å². The summed E-state index contributed by atoms with van der Waals surface area (Å²) >= 11 is 0. The van der Waals surface area contributed by atoms with Gasteiger partial charge in [0.15, 0.2) is 0 Å². The van der Waals surface area contributed by atoms with Gasteiger partial charge in [0, 0.05) is 12.1 Å².